The van der Waals surface area contributed by atoms with Crippen LogP contribution in [0.4, 0.5) is 0 Å². The summed E-state index contributed by atoms with van der Waals surface area (Å²) >= 11 is 0. The summed E-state index contributed by atoms with van der Waals surface area (Å²) < 4.78 is 22.3. The number of benzene rings is 2. The number of carbonyl (C=O) groups excluding carboxylic acids is 2. The van der Waals surface area contributed by atoms with Crippen LogP contribution in [0.3, 0.4) is 0 Å². The van der Waals surface area contributed by atoms with Crippen LogP contribution < -0.4 is 9.47 Å². The van der Waals surface area contributed by atoms with Crippen molar-refractivity contribution in [2.24, 2.45) is 23.7 Å². The Balaban J connectivity index is 1.33. The van der Waals surface area contributed by atoms with Gasteiger partial charge in [-0.15, -0.1) is 0 Å². The molecule has 0 amide bonds. The fourth-order valence-corrected chi connectivity index (χ4v) is 6.22. The fraction of sp³-hybridized carbons (Fsp3) is 0.481. The van der Waals surface area contributed by atoms with Crippen LogP contribution in [0.25, 0.3) is 0 Å². The number of hydrogen-bond acceptors (Lipinski definition) is 6. The highest BCUT2D eigenvalue weighted by atomic mass is 16.6. The molecule has 2 aromatic rings. The van der Waals surface area contributed by atoms with Crippen LogP contribution in [0.1, 0.15) is 52.8 Å². The van der Waals surface area contributed by atoms with Gasteiger partial charge in [-0.3, -0.25) is 0 Å². The van der Waals surface area contributed by atoms with Gasteiger partial charge in [0.2, 0.25) is 0 Å². The summed E-state index contributed by atoms with van der Waals surface area (Å²) in [6, 6.07) is 13.8. The molecule has 3 aliphatic carbocycles. The third-order valence-electron chi connectivity index (χ3n) is 7.87. The molecule has 0 N–H and O–H groups in total. The normalized spacial score (nSPS) is 29.8. The summed E-state index contributed by atoms with van der Waals surface area (Å²) in [5.74, 6) is 3.09. The molecule has 3 aliphatic rings. The highest BCUT2D eigenvalue weighted by molar-refractivity contribution is 5.90. The van der Waals surface area contributed by atoms with Crippen molar-refractivity contribution < 1.29 is 28.5 Å². The Bertz CT molecular complexity index is 917. The third-order valence-corrected chi connectivity index (χ3v) is 7.87. The van der Waals surface area contributed by atoms with E-state index in [9.17, 15) is 9.59 Å². The maximum atomic E-state index is 12.9. The molecule has 0 aliphatic heterocycles. The van der Waals surface area contributed by atoms with E-state index in [-0.39, 0.29) is 0 Å². The summed E-state index contributed by atoms with van der Waals surface area (Å²) in [4.78, 5) is 25.8. The second-order valence-corrected chi connectivity index (χ2v) is 9.48. The maximum absolute atomic E-state index is 12.9. The molecule has 6 atom stereocenters. The highest BCUT2D eigenvalue weighted by Crippen LogP contribution is 2.58. The minimum Gasteiger partial charge on any atom is -0.497 e. The van der Waals surface area contributed by atoms with E-state index in [0.717, 1.165) is 12.8 Å². The Morgan fingerprint density at radius 2 is 1.03 bits per heavy atom. The van der Waals surface area contributed by atoms with Crippen molar-refractivity contribution in [3.05, 3.63) is 59.7 Å². The lowest BCUT2D eigenvalue weighted by Gasteiger charge is -2.42. The molecule has 6 nitrogen and oxygen atoms in total. The van der Waals surface area contributed by atoms with Crippen LogP contribution in [0.15, 0.2) is 48.5 Å². The van der Waals surface area contributed by atoms with Gasteiger partial charge in [0.25, 0.3) is 0 Å². The average molecular weight is 451 g/mol. The zero-order valence-corrected chi connectivity index (χ0v) is 19.1. The van der Waals surface area contributed by atoms with Crippen molar-refractivity contribution in [3.8, 4) is 11.5 Å². The van der Waals surface area contributed by atoms with Crippen LogP contribution in [-0.4, -0.2) is 38.4 Å². The second-order valence-electron chi connectivity index (χ2n) is 9.48. The summed E-state index contributed by atoms with van der Waals surface area (Å²) in [6.07, 6.45) is 4.42. The monoisotopic (exact) mass is 450 g/mol. The molecule has 3 saturated carbocycles. The molecular weight excluding hydrogens is 420 g/mol. The van der Waals surface area contributed by atoms with Crippen LogP contribution in [0.2, 0.25) is 0 Å². The number of hydrogen-bond donors (Lipinski definition) is 0. The SMILES string of the molecule is COc1ccc(C(=O)OC2CC3C4CCC(C4)C3CC2OC(=O)c2ccc(OC)cc2)cc1. The number of carbonyl (C=O) groups is 2. The van der Waals surface area contributed by atoms with Crippen LogP contribution in [-0.2, 0) is 9.47 Å². The average Bonchev–Trinajstić information content (AvgIpc) is 3.47. The van der Waals surface area contributed by atoms with Gasteiger partial charge >= 0.3 is 11.9 Å². The van der Waals surface area contributed by atoms with Gasteiger partial charge in [-0.25, -0.2) is 9.59 Å². The number of methoxy groups -OCH3 is 2. The Kier molecular flexibility index (Phi) is 6.00. The molecule has 174 valence electrons. The van der Waals surface area contributed by atoms with Crippen LogP contribution >= 0.6 is 0 Å². The lowest BCUT2D eigenvalue weighted by atomic mass is 9.69. The Hall–Kier alpha value is -3.02. The standard InChI is InChI=1S/C27H30O6/c1-30-20-9-5-16(6-10-20)26(28)32-24-14-22-18-3-4-19(13-18)23(22)15-25(24)33-27(29)17-7-11-21(31-2)12-8-17/h5-12,18-19,22-25H,3-4,13-15H2,1-2H3. The maximum Gasteiger partial charge on any atom is 0.338 e. The van der Waals surface area contributed by atoms with Gasteiger partial charge in [-0.1, -0.05) is 0 Å². The van der Waals surface area contributed by atoms with Crippen LogP contribution in [0.5, 0.6) is 11.5 Å². The molecule has 0 saturated heterocycles. The first-order chi connectivity index (χ1) is 16.1. The van der Waals surface area contributed by atoms with E-state index < -0.39 is 24.1 Å². The minimum atomic E-state index is -0.442. The van der Waals surface area contributed by atoms with Gasteiger partial charge in [0.15, 0.2) is 0 Å². The van der Waals surface area contributed by atoms with Crippen molar-refractivity contribution in [3.63, 3.8) is 0 Å². The van der Waals surface area contributed by atoms with Crippen molar-refractivity contribution in [1.29, 1.82) is 0 Å². The van der Waals surface area contributed by atoms with Crippen molar-refractivity contribution in [2.45, 2.75) is 44.3 Å². The number of esters is 2. The molecule has 2 aromatic carbocycles. The Morgan fingerprint density at radius 3 is 1.39 bits per heavy atom. The molecule has 0 radical (unpaired) electrons. The molecule has 2 bridgehead atoms. The fourth-order valence-electron chi connectivity index (χ4n) is 6.22. The van der Waals surface area contributed by atoms with E-state index in [2.05, 4.69) is 0 Å². The van der Waals surface area contributed by atoms with Crippen molar-refractivity contribution in [2.75, 3.05) is 14.2 Å². The molecular formula is C27H30O6. The molecule has 6 heteroatoms. The van der Waals surface area contributed by atoms with E-state index in [0.29, 0.717) is 46.3 Å². The van der Waals surface area contributed by atoms with E-state index in [1.54, 1.807) is 62.8 Å². The summed E-state index contributed by atoms with van der Waals surface area (Å²) in [6.45, 7) is 0. The number of rotatable bonds is 6. The first-order valence-corrected chi connectivity index (χ1v) is 11.8. The molecule has 3 fully saturated rings. The quantitative estimate of drug-likeness (QED) is 0.583. The summed E-state index contributed by atoms with van der Waals surface area (Å²) in [7, 11) is 3.17. The lowest BCUT2D eigenvalue weighted by Crippen LogP contribution is -2.45. The predicted octanol–water partition coefficient (Wildman–Crippen LogP) is 4.91. The third kappa shape index (κ3) is 4.31. The van der Waals surface area contributed by atoms with Gasteiger partial charge in [0.05, 0.1) is 25.3 Å². The summed E-state index contributed by atoms with van der Waals surface area (Å²) in [5.41, 5.74) is 0.928. The number of fused-ring (bicyclic) bond motifs is 5. The van der Waals surface area contributed by atoms with Crippen molar-refractivity contribution >= 4 is 11.9 Å². The smallest absolute Gasteiger partial charge is 0.338 e. The van der Waals surface area contributed by atoms with Gasteiger partial charge in [-0.2, -0.15) is 0 Å². The van der Waals surface area contributed by atoms with Gasteiger partial charge < -0.3 is 18.9 Å². The van der Waals surface area contributed by atoms with E-state index in [1.807, 2.05) is 0 Å². The highest BCUT2D eigenvalue weighted by Gasteiger charge is 2.53. The van der Waals surface area contributed by atoms with Gasteiger partial charge in [-0.05, 0) is 104 Å². The molecule has 5 rings (SSSR count). The molecule has 33 heavy (non-hydrogen) atoms. The zero-order valence-electron chi connectivity index (χ0n) is 19.1. The van der Waals surface area contributed by atoms with Crippen molar-refractivity contribution in [1.82, 2.24) is 0 Å². The molecule has 0 spiro atoms. The van der Waals surface area contributed by atoms with E-state index in [1.165, 1.54) is 19.3 Å². The second kappa shape index (κ2) is 9.08. The Morgan fingerprint density at radius 1 is 0.636 bits per heavy atom. The topological polar surface area (TPSA) is 71.1 Å². The van der Waals surface area contributed by atoms with E-state index >= 15 is 0 Å². The molecule has 0 aromatic heterocycles. The minimum absolute atomic E-state index is 0.394. The zero-order chi connectivity index (χ0) is 22.9. The molecule has 6 unspecified atom stereocenters. The largest absolute Gasteiger partial charge is 0.497 e. The lowest BCUT2D eigenvalue weighted by molar-refractivity contribution is -0.0822. The predicted molar refractivity (Wildman–Crippen MR) is 121 cm³/mol. The first-order valence-electron chi connectivity index (χ1n) is 11.8. The number of ether oxygens (including phenoxy) is 4. The van der Waals surface area contributed by atoms with Gasteiger partial charge in [0, 0.05) is 0 Å². The van der Waals surface area contributed by atoms with Crippen LogP contribution in [0, 0.1) is 23.7 Å². The Labute approximate surface area is 194 Å². The molecule has 0 heterocycles. The van der Waals surface area contributed by atoms with Gasteiger partial charge in [0.1, 0.15) is 23.7 Å². The first kappa shape index (κ1) is 21.8. The summed E-state index contributed by atoms with van der Waals surface area (Å²) in [5, 5.41) is 0. The van der Waals surface area contributed by atoms with E-state index in [4.69, 9.17) is 18.9 Å².